The second kappa shape index (κ2) is 11.8. The first-order chi connectivity index (χ1) is 13.6. The quantitative estimate of drug-likeness (QED) is 0.534. The van der Waals surface area contributed by atoms with Gasteiger partial charge in [-0.2, -0.15) is 0 Å². The van der Waals surface area contributed by atoms with E-state index in [0.717, 1.165) is 50.1 Å². The maximum atomic E-state index is 12.3. The van der Waals surface area contributed by atoms with Gasteiger partial charge in [-0.15, -0.1) is 0 Å². The van der Waals surface area contributed by atoms with E-state index in [1.165, 1.54) is 25.7 Å². The third kappa shape index (κ3) is 6.57. The van der Waals surface area contributed by atoms with Crippen molar-refractivity contribution in [1.82, 2.24) is 4.90 Å². The molecule has 1 aromatic rings. The number of hydrogen-bond donors (Lipinski definition) is 1. The number of amides is 1. The second-order valence-electron chi connectivity index (χ2n) is 7.82. The molecule has 0 aliphatic carbocycles. The van der Waals surface area contributed by atoms with Crippen molar-refractivity contribution in [3.05, 3.63) is 29.3 Å². The number of aryl methyl sites for hydroxylation is 1. The molecular formula is C24H37NO3. The predicted molar refractivity (Wildman–Crippen MR) is 116 cm³/mol. The fourth-order valence-corrected chi connectivity index (χ4v) is 3.66. The highest BCUT2D eigenvalue weighted by Crippen LogP contribution is 2.30. The van der Waals surface area contributed by atoms with Crippen LogP contribution in [-0.2, 0) is 11.2 Å². The first kappa shape index (κ1) is 22.3. The van der Waals surface area contributed by atoms with E-state index in [-0.39, 0.29) is 11.7 Å². The van der Waals surface area contributed by atoms with Crippen LogP contribution in [0.25, 0.3) is 6.08 Å². The molecule has 1 aliphatic heterocycles. The minimum atomic E-state index is 0.0270. The summed E-state index contributed by atoms with van der Waals surface area (Å²) in [6.45, 7) is 8.85. The van der Waals surface area contributed by atoms with Gasteiger partial charge < -0.3 is 14.7 Å². The third-order valence-electron chi connectivity index (χ3n) is 5.68. The Morgan fingerprint density at radius 3 is 2.61 bits per heavy atom. The highest BCUT2D eigenvalue weighted by atomic mass is 16.5. The molecule has 156 valence electrons. The summed E-state index contributed by atoms with van der Waals surface area (Å²) in [5.74, 6) is 1.50. The van der Waals surface area contributed by atoms with Crippen LogP contribution in [0, 0.1) is 5.92 Å². The molecule has 0 radical (unpaired) electrons. The summed E-state index contributed by atoms with van der Waals surface area (Å²) in [5.41, 5.74) is 1.74. The highest BCUT2D eigenvalue weighted by molar-refractivity contribution is 5.92. The number of phenols is 1. The van der Waals surface area contributed by atoms with E-state index >= 15 is 0 Å². The molecule has 1 aliphatic rings. The van der Waals surface area contributed by atoms with Crippen molar-refractivity contribution in [3.63, 3.8) is 0 Å². The maximum Gasteiger partial charge on any atom is 0.246 e. The number of rotatable bonds is 10. The Morgan fingerprint density at radius 1 is 1.21 bits per heavy atom. The number of unbranched alkanes of at least 4 members (excludes halogenated alkanes) is 1. The molecule has 0 saturated carbocycles. The number of piperidine rings is 1. The molecule has 1 heterocycles. The van der Waals surface area contributed by atoms with Crippen LogP contribution in [0.3, 0.4) is 0 Å². The molecule has 1 aromatic carbocycles. The van der Waals surface area contributed by atoms with E-state index in [9.17, 15) is 9.90 Å². The van der Waals surface area contributed by atoms with Crippen molar-refractivity contribution in [2.45, 2.75) is 72.1 Å². The monoisotopic (exact) mass is 387 g/mol. The number of hydrogen-bond acceptors (Lipinski definition) is 3. The molecule has 0 spiro atoms. The molecular weight excluding hydrogens is 350 g/mol. The largest absolute Gasteiger partial charge is 0.507 e. The van der Waals surface area contributed by atoms with E-state index in [1.807, 2.05) is 11.0 Å². The Bertz CT molecular complexity index is 647. The number of carbonyl (C=O) groups is 1. The minimum absolute atomic E-state index is 0.0270. The molecule has 28 heavy (non-hydrogen) atoms. The lowest BCUT2D eigenvalue weighted by Gasteiger charge is -2.25. The topological polar surface area (TPSA) is 49.8 Å². The second-order valence-corrected chi connectivity index (χ2v) is 7.82. The predicted octanol–water partition coefficient (Wildman–Crippen LogP) is 5.58. The molecule has 0 bridgehead atoms. The average molecular weight is 388 g/mol. The summed E-state index contributed by atoms with van der Waals surface area (Å²) < 4.78 is 6.08. The summed E-state index contributed by atoms with van der Waals surface area (Å²) in [4.78, 5) is 14.2. The molecule has 1 fully saturated rings. The van der Waals surface area contributed by atoms with Crippen molar-refractivity contribution < 1.29 is 14.6 Å². The number of aromatic hydroxyl groups is 1. The Morgan fingerprint density at radius 2 is 1.96 bits per heavy atom. The van der Waals surface area contributed by atoms with Crippen LogP contribution in [0.15, 0.2) is 18.2 Å². The molecule has 0 aromatic heterocycles. The lowest BCUT2D eigenvalue weighted by atomic mass is 10.0. The van der Waals surface area contributed by atoms with E-state index in [0.29, 0.717) is 18.1 Å². The van der Waals surface area contributed by atoms with Gasteiger partial charge in [0.1, 0.15) is 11.5 Å². The van der Waals surface area contributed by atoms with Crippen LogP contribution in [0.4, 0.5) is 0 Å². The molecule has 1 saturated heterocycles. The van der Waals surface area contributed by atoms with Crippen molar-refractivity contribution in [1.29, 1.82) is 0 Å². The van der Waals surface area contributed by atoms with Crippen LogP contribution in [0.5, 0.6) is 11.5 Å². The molecule has 4 heteroatoms. The van der Waals surface area contributed by atoms with Gasteiger partial charge in [0.2, 0.25) is 5.91 Å². The number of likely N-dealkylation sites (tertiary alicyclic amines) is 1. The fraction of sp³-hybridized carbons (Fsp3) is 0.625. The normalized spacial score (nSPS) is 15.8. The molecule has 2 rings (SSSR count). The minimum Gasteiger partial charge on any atom is -0.507 e. The Labute approximate surface area is 170 Å². The summed E-state index contributed by atoms with van der Waals surface area (Å²) >= 11 is 0. The van der Waals surface area contributed by atoms with Gasteiger partial charge in [0, 0.05) is 30.8 Å². The molecule has 1 N–H and O–H groups in total. The van der Waals surface area contributed by atoms with Crippen LogP contribution < -0.4 is 4.74 Å². The van der Waals surface area contributed by atoms with Gasteiger partial charge in [0.25, 0.3) is 0 Å². The van der Waals surface area contributed by atoms with Gasteiger partial charge in [0.05, 0.1) is 6.61 Å². The van der Waals surface area contributed by atoms with Crippen LogP contribution in [0.2, 0.25) is 0 Å². The van der Waals surface area contributed by atoms with Gasteiger partial charge >= 0.3 is 0 Å². The average Bonchev–Trinajstić information content (AvgIpc) is 2.73. The van der Waals surface area contributed by atoms with Crippen molar-refractivity contribution in [2.24, 2.45) is 5.92 Å². The maximum absolute atomic E-state index is 12.3. The summed E-state index contributed by atoms with van der Waals surface area (Å²) in [6, 6.07) is 3.65. The summed E-state index contributed by atoms with van der Waals surface area (Å²) in [5, 5.41) is 10.4. The summed E-state index contributed by atoms with van der Waals surface area (Å²) in [6.07, 6.45) is 12.2. The van der Waals surface area contributed by atoms with Crippen molar-refractivity contribution in [2.75, 3.05) is 19.7 Å². The van der Waals surface area contributed by atoms with Crippen molar-refractivity contribution >= 4 is 12.0 Å². The van der Waals surface area contributed by atoms with Gasteiger partial charge in [-0.3, -0.25) is 4.79 Å². The van der Waals surface area contributed by atoms with E-state index in [2.05, 4.69) is 20.8 Å². The van der Waals surface area contributed by atoms with Gasteiger partial charge in [-0.1, -0.05) is 40.0 Å². The number of nitrogens with zero attached hydrogens (tertiary/aromatic N) is 1. The van der Waals surface area contributed by atoms with E-state index in [4.69, 9.17) is 4.74 Å². The first-order valence-electron chi connectivity index (χ1n) is 11.0. The Balaban J connectivity index is 2.05. The summed E-state index contributed by atoms with van der Waals surface area (Å²) in [7, 11) is 0. The molecule has 4 nitrogen and oxygen atoms in total. The Kier molecular flexibility index (Phi) is 9.39. The van der Waals surface area contributed by atoms with Gasteiger partial charge in [-0.25, -0.2) is 0 Å². The van der Waals surface area contributed by atoms with Gasteiger partial charge in [0.15, 0.2) is 0 Å². The van der Waals surface area contributed by atoms with Crippen LogP contribution in [-0.4, -0.2) is 35.6 Å². The highest BCUT2D eigenvalue weighted by Gasteiger charge is 2.15. The molecule has 1 unspecified atom stereocenters. The van der Waals surface area contributed by atoms with Crippen LogP contribution >= 0.6 is 0 Å². The third-order valence-corrected chi connectivity index (χ3v) is 5.68. The molecule has 1 atom stereocenters. The zero-order valence-corrected chi connectivity index (χ0v) is 17.9. The van der Waals surface area contributed by atoms with Gasteiger partial charge in [-0.05, 0) is 55.7 Å². The number of ether oxygens (including phenoxy) is 1. The SMILES string of the molecule is CCCCC(CC)COc1cc(O)c(C=CC(=O)N2CCCCC2)cc1CC. The fourth-order valence-electron chi connectivity index (χ4n) is 3.66. The first-order valence-corrected chi connectivity index (χ1v) is 11.0. The lowest BCUT2D eigenvalue weighted by Crippen LogP contribution is -2.34. The zero-order chi connectivity index (χ0) is 20.4. The number of benzene rings is 1. The van der Waals surface area contributed by atoms with Crippen molar-refractivity contribution in [3.8, 4) is 11.5 Å². The lowest BCUT2D eigenvalue weighted by molar-refractivity contribution is -0.126. The number of phenolic OH excluding ortho intramolecular Hbond substituents is 1. The molecule has 1 amide bonds. The van der Waals surface area contributed by atoms with Crippen LogP contribution in [0.1, 0.15) is 76.8 Å². The number of carbonyl (C=O) groups excluding carboxylic acids is 1. The standard InChI is InChI=1S/C24H37NO3/c1-4-7-11-19(5-2)18-28-23-17-22(26)21(16-20(23)6-3)12-13-24(27)25-14-9-8-10-15-25/h12-13,16-17,19,26H,4-11,14-15,18H2,1-3H3. The van der Waals surface area contributed by atoms with E-state index < -0.39 is 0 Å². The zero-order valence-electron chi connectivity index (χ0n) is 17.9. The smallest absolute Gasteiger partial charge is 0.246 e. The van der Waals surface area contributed by atoms with E-state index in [1.54, 1.807) is 18.2 Å². The Hall–Kier alpha value is -1.97.